The first-order valence-corrected chi connectivity index (χ1v) is 6.66. The van der Waals surface area contributed by atoms with E-state index in [-0.39, 0.29) is 0 Å². The average Bonchev–Trinajstić information content (AvgIpc) is 2.63. The predicted molar refractivity (Wildman–Crippen MR) is 71.2 cm³/mol. The molecule has 0 aliphatic carbocycles. The standard InChI is InChI=1S/C10H12N4OS2/c1-14(2)5-13-7-6(4-11)10(16-3)17-8(7)9(12)15/h5H,1-3H3,(H2,12,15)/b13-5+. The Labute approximate surface area is 108 Å². The summed E-state index contributed by atoms with van der Waals surface area (Å²) in [7, 11) is 3.61. The molecule has 0 fully saturated rings. The Hall–Kier alpha value is -1.52. The molecule has 0 saturated heterocycles. The number of primary amides is 1. The highest BCUT2D eigenvalue weighted by atomic mass is 32.2. The second-order valence-corrected chi connectivity index (χ2v) is 5.43. The number of nitrogens with two attached hydrogens (primary N) is 1. The Bertz CT molecular complexity index is 499. The van der Waals surface area contributed by atoms with Crippen molar-refractivity contribution in [2.75, 3.05) is 20.4 Å². The lowest BCUT2D eigenvalue weighted by Gasteiger charge is -2.02. The quantitative estimate of drug-likeness (QED) is 0.511. The summed E-state index contributed by atoms with van der Waals surface area (Å²) in [6.07, 6.45) is 3.39. The molecule has 0 radical (unpaired) electrons. The number of nitrogens with zero attached hydrogens (tertiary/aromatic N) is 3. The molecule has 0 bridgehead atoms. The number of nitriles is 1. The lowest BCUT2D eigenvalue weighted by atomic mass is 10.2. The normalized spacial score (nSPS) is 10.5. The minimum Gasteiger partial charge on any atom is -0.369 e. The van der Waals surface area contributed by atoms with E-state index in [1.54, 1.807) is 25.3 Å². The zero-order valence-electron chi connectivity index (χ0n) is 9.72. The molecule has 0 aromatic carbocycles. The maximum Gasteiger partial charge on any atom is 0.261 e. The van der Waals surface area contributed by atoms with E-state index in [0.717, 1.165) is 4.21 Å². The summed E-state index contributed by atoms with van der Waals surface area (Å²) in [6.45, 7) is 0. The third-order valence-corrected chi connectivity index (χ3v) is 4.10. The van der Waals surface area contributed by atoms with Crippen LogP contribution >= 0.6 is 23.1 Å². The fraction of sp³-hybridized carbons (Fsp3) is 0.300. The van der Waals surface area contributed by atoms with Crippen molar-refractivity contribution in [2.45, 2.75) is 4.21 Å². The second kappa shape index (κ2) is 5.70. The fourth-order valence-corrected chi connectivity index (χ4v) is 2.82. The Morgan fingerprint density at radius 1 is 1.65 bits per heavy atom. The van der Waals surface area contributed by atoms with E-state index in [1.807, 2.05) is 6.26 Å². The van der Waals surface area contributed by atoms with Crippen molar-refractivity contribution in [1.82, 2.24) is 4.90 Å². The van der Waals surface area contributed by atoms with Gasteiger partial charge in [0.25, 0.3) is 5.91 Å². The van der Waals surface area contributed by atoms with Gasteiger partial charge in [0.2, 0.25) is 0 Å². The van der Waals surface area contributed by atoms with Gasteiger partial charge in [-0.2, -0.15) is 5.26 Å². The molecule has 7 heteroatoms. The van der Waals surface area contributed by atoms with Gasteiger partial charge in [0.15, 0.2) is 0 Å². The summed E-state index contributed by atoms with van der Waals surface area (Å²) in [5, 5.41) is 9.09. The second-order valence-electron chi connectivity index (χ2n) is 3.33. The molecule has 0 aliphatic rings. The largest absolute Gasteiger partial charge is 0.369 e. The molecule has 0 aliphatic heterocycles. The SMILES string of the molecule is CSc1sc(C(N)=O)c(/N=C/N(C)C)c1C#N. The minimum absolute atomic E-state index is 0.323. The zero-order valence-corrected chi connectivity index (χ0v) is 11.4. The highest BCUT2D eigenvalue weighted by molar-refractivity contribution is 8.00. The summed E-state index contributed by atoms with van der Waals surface area (Å²) in [5.41, 5.74) is 6.05. The number of thiophene rings is 1. The Morgan fingerprint density at radius 3 is 2.71 bits per heavy atom. The number of amides is 1. The van der Waals surface area contributed by atoms with Gasteiger partial charge in [-0.15, -0.1) is 23.1 Å². The van der Waals surface area contributed by atoms with Crippen LogP contribution in [0.5, 0.6) is 0 Å². The van der Waals surface area contributed by atoms with Gasteiger partial charge in [0, 0.05) is 14.1 Å². The van der Waals surface area contributed by atoms with E-state index in [0.29, 0.717) is 16.1 Å². The first-order valence-electron chi connectivity index (χ1n) is 4.62. The smallest absolute Gasteiger partial charge is 0.261 e. The van der Waals surface area contributed by atoms with Crippen molar-refractivity contribution < 1.29 is 4.79 Å². The Morgan fingerprint density at radius 2 is 2.29 bits per heavy atom. The third-order valence-electron chi connectivity index (χ3n) is 1.79. The van der Waals surface area contributed by atoms with Gasteiger partial charge in [-0.1, -0.05) is 0 Å². The van der Waals surface area contributed by atoms with Crippen LogP contribution in [0.25, 0.3) is 0 Å². The van der Waals surface area contributed by atoms with Gasteiger partial charge in [0.05, 0.1) is 10.5 Å². The molecule has 2 N–H and O–H groups in total. The first-order chi connectivity index (χ1) is 8.01. The van der Waals surface area contributed by atoms with Crippen LogP contribution in [0.3, 0.4) is 0 Å². The van der Waals surface area contributed by atoms with Crippen molar-refractivity contribution in [3.05, 3.63) is 10.4 Å². The van der Waals surface area contributed by atoms with E-state index in [2.05, 4.69) is 11.1 Å². The van der Waals surface area contributed by atoms with Crippen LogP contribution in [0.15, 0.2) is 9.20 Å². The molecule has 1 rings (SSSR count). The maximum absolute atomic E-state index is 11.3. The molecule has 1 heterocycles. The van der Waals surface area contributed by atoms with Crippen molar-refractivity contribution in [2.24, 2.45) is 10.7 Å². The third kappa shape index (κ3) is 2.99. The van der Waals surface area contributed by atoms with E-state index < -0.39 is 5.91 Å². The van der Waals surface area contributed by atoms with Crippen molar-refractivity contribution in [3.8, 4) is 6.07 Å². The average molecular weight is 268 g/mol. The first kappa shape index (κ1) is 13.5. The lowest BCUT2D eigenvalue weighted by Crippen LogP contribution is -2.10. The molecule has 17 heavy (non-hydrogen) atoms. The van der Waals surface area contributed by atoms with Crippen LogP contribution in [0.2, 0.25) is 0 Å². The van der Waals surface area contributed by atoms with Gasteiger partial charge in [-0.25, -0.2) is 4.99 Å². The molecule has 0 atom stereocenters. The predicted octanol–water partition coefficient (Wildman–Crippen LogP) is 1.66. The Balaban J connectivity index is 3.38. The molecule has 1 aromatic heterocycles. The minimum atomic E-state index is -0.558. The topological polar surface area (TPSA) is 82.5 Å². The molecule has 1 amide bonds. The van der Waals surface area contributed by atoms with Gasteiger partial charge in [-0.3, -0.25) is 4.79 Å². The summed E-state index contributed by atoms with van der Waals surface area (Å²) in [5.74, 6) is -0.558. The van der Waals surface area contributed by atoms with Crippen molar-refractivity contribution in [3.63, 3.8) is 0 Å². The van der Waals surface area contributed by atoms with Gasteiger partial charge >= 0.3 is 0 Å². The molecular weight excluding hydrogens is 256 g/mol. The number of hydrogen-bond acceptors (Lipinski definition) is 5. The van der Waals surface area contributed by atoms with Gasteiger partial charge in [-0.05, 0) is 6.26 Å². The Kier molecular flexibility index (Phi) is 4.54. The zero-order chi connectivity index (χ0) is 13.0. The maximum atomic E-state index is 11.3. The van der Waals surface area contributed by atoms with Crippen LogP contribution in [0.1, 0.15) is 15.2 Å². The summed E-state index contributed by atoms with van der Waals surface area (Å²) in [4.78, 5) is 17.5. The number of rotatable bonds is 4. The number of thioether (sulfide) groups is 1. The molecule has 0 saturated carbocycles. The highest BCUT2D eigenvalue weighted by Crippen LogP contribution is 2.39. The molecule has 0 unspecified atom stereocenters. The highest BCUT2D eigenvalue weighted by Gasteiger charge is 2.20. The van der Waals surface area contributed by atoms with Crippen LogP contribution in [0, 0.1) is 11.3 Å². The van der Waals surface area contributed by atoms with E-state index in [9.17, 15) is 4.79 Å². The van der Waals surface area contributed by atoms with Crippen molar-refractivity contribution in [1.29, 1.82) is 5.26 Å². The van der Waals surface area contributed by atoms with Crippen molar-refractivity contribution >= 4 is 41.0 Å². The number of hydrogen-bond donors (Lipinski definition) is 1. The van der Waals surface area contributed by atoms with Gasteiger partial charge in [0.1, 0.15) is 22.2 Å². The number of carbonyl (C=O) groups excluding carboxylic acids is 1. The fourth-order valence-electron chi connectivity index (χ4n) is 1.11. The molecule has 90 valence electrons. The van der Waals surface area contributed by atoms with E-state index >= 15 is 0 Å². The molecule has 1 aromatic rings. The van der Waals surface area contributed by atoms with Gasteiger partial charge < -0.3 is 10.6 Å². The molecule has 0 spiro atoms. The summed E-state index contributed by atoms with van der Waals surface area (Å²) < 4.78 is 0.757. The molecule has 5 nitrogen and oxygen atoms in total. The summed E-state index contributed by atoms with van der Waals surface area (Å²) in [6, 6.07) is 2.06. The monoisotopic (exact) mass is 268 g/mol. The summed E-state index contributed by atoms with van der Waals surface area (Å²) >= 11 is 2.61. The lowest BCUT2D eigenvalue weighted by molar-refractivity contribution is 0.100. The van der Waals surface area contributed by atoms with Crippen LogP contribution in [0.4, 0.5) is 5.69 Å². The van der Waals surface area contributed by atoms with Crippen LogP contribution in [-0.2, 0) is 0 Å². The van der Waals surface area contributed by atoms with Crippen LogP contribution in [-0.4, -0.2) is 37.5 Å². The van der Waals surface area contributed by atoms with E-state index in [1.165, 1.54) is 23.1 Å². The van der Waals surface area contributed by atoms with E-state index in [4.69, 9.17) is 11.0 Å². The number of carbonyl (C=O) groups is 1. The molecular formula is C10H12N4OS2. The van der Waals surface area contributed by atoms with Crippen LogP contribution < -0.4 is 5.73 Å². The number of aliphatic imine (C=N–C) groups is 1.